The van der Waals surface area contributed by atoms with E-state index in [4.69, 9.17) is 6.42 Å². The van der Waals surface area contributed by atoms with E-state index in [-0.39, 0.29) is 0 Å². The van der Waals surface area contributed by atoms with Crippen LogP contribution in [0.4, 0.5) is 0 Å². The van der Waals surface area contributed by atoms with Crippen LogP contribution in [0.2, 0.25) is 0 Å². The van der Waals surface area contributed by atoms with E-state index in [9.17, 15) is 0 Å². The number of terminal acetylenes is 1. The molecular weight excluding hydrogens is 236 g/mol. The van der Waals surface area contributed by atoms with Crippen LogP contribution < -0.4 is 0 Å². The van der Waals surface area contributed by atoms with Gasteiger partial charge in [0.1, 0.15) is 0 Å². The first-order chi connectivity index (χ1) is 6.79. The van der Waals surface area contributed by atoms with Crippen LogP contribution in [0.3, 0.4) is 0 Å². The number of hydrogen-bond acceptors (Lipinski definition) is 0. The lowest BCUT2D eigenvalue weighted by Gasteiger charge is -1.96. The summed E-state index contributed by atoms with van der Waals surface area (Å²) in [5.41, 5.74) is 2.27. The van der Waals surface area contributed by atoms with Gasteiger partial charge in [-0.25, -0.2) is 0 Å². The maximum atomic E-state index is 4.73. The van der Waals surface area contributed by atoms with Crippen LogP contribution in [-0.4, -0.2) is 5.33 Å². The molecule has 14 heavy (non-hydrogen) atoms. The monoisotopic (exact) mass is 248 g/mol. The minimum atomic E-state index is 0.660. The molecule has 72 valence electrons. The quantitative estimate of drug-likeness (QED) is 0.549. The Morgan fingerprint density at radius 1 is 1.21 bits per heavy atom. The van der Waals surface area contributed by atoms with Crippen molar-refractivity contribution < 1.29 is 0 Å². The van der Waals surface area contributed by atoms with Crippen LogP contribution in [0.25, 0.3) is 12.2 Å². The van der Waals surface area contributed by atoms with E-state index < -0.39 is 0 Å². The second-order valence-electron chi connectivity index (χ2n) is 2.37. The Kier molecular flexibility index (Phi) is 7.59. The molecule has 0 saturated heterocycles. The molecule has 0 spiro atoms. The smallest absolute Gasteiger partial charge is 0.0642 e. The third-order valence-corrected chi connectivity index (χ3v) is 1.84. The highest BCUT2D eigenvalue weighted by molar-refractivity contribution is 9.09. The molecular formula is C13H13Br. The number of hydrogen-bond donors (Lipinski definition) is 0. The third kappa shape index (κ3) is 4.69. The minimum absolute atomic E-state index is 0.660. The van der Waals surface area contributed by atoms with E-state index in [0.717, 1.165) is 11.1 Å². The Morgan fingerprint density at radius 3 is 1.79 bits per heavy atom. The summed E-state index contributed by atoms with van der Waals surface area (Å²) in [5, 5.41) is 0.660. The van der Waals surface area contributed by atoms with Crippen molar-refractivity contribution in [3.63, 3.8) is 0 Å². The summed E-state index contributed by atoms with van der Waals surface area (Å²) in [4.78, 5) is 0. The normalized spacial score (nSPS) is 7.71. The molecule has 0 unspecified atom stereocenters. The Balaban J connectivity index is 0.000000364. The van der Waals surface area contributed by atoms with Crippen LogP contribution in [0, 0.1) is 12.3 Å². The summed E-state index contributed by atoms with van der Waals surface area (Å²) in [6, 6.07) is 8.02. The minimum Gasteiger partial charge on any atom is -0.119 e. The van der Waals surface area contributed by atoms with Gasteiger partial charge in [0.25, 0.3) is 0 Å². The molecule has 0 atom stereocenters. The third-order valence-electron chi connectivity index (χ3n) is 1.51. The van der Waals surface area contributed by atoms with E-state index in [1.165, 1.54) is 0 Å². The van der Waals surface area contributed by atoms with Gasteiger partial charge in [0.2, 0.25) is 0 Å². The average molecular weight is 249 g/mol. The highest BCUT2D eigenvalue weighted by Gasteiger charge is 1.89. The predicted octanol–water partition coefficient (Wildman–Crippen LogP) is 3.99. The molecule has 1 aromatic rings. The lowest BCUT2D eigenvalue weighted by Crippen LogP contribution is -1.76. The van der Waals surface area contributed by atoms with Crippen molar-refractivity contribution in [2.75, 3.05) is 5.33 Å². The molecule has 0 aliphatic heterocycles. The average Bonchev–Trinajstić information content (AvgIpc) is 2.29. The van der Waals surface area contributed by atoms with Crippen molar-refractivity contribution in [3.05, 3.63) is 48.6 Å². The number of halogens is 1. The second kappa shape index (κ2) is 8.34. The molecule has 0 amide bonds. The van der Waals surface area contributed by atoms with E-state index in [1.54, 1.807) is 0 Å². The largest absolute Gasteiger partial charge is 0.119 e. The van der Waals surface area contributed by atoms with E-state index in [0.29, 0.717) is 5.33 Å². The molecule has 0 heterocycles. The van der Waals surface area contributed by atoms with E-state index in [2.05, 4.69) is 35.0 Å². The van der Waals surface area contributed by atoms with Crippen molar-refractivity contribution >= 4 is 28.1 Å². The maximum Gasteiger partial charge on any atom is 0.0642 e. The Labute approximate surface area is 94.5 Å². The van der Waals surface area contributed by atoms with Crippen molar-refractivity contribution in [3.8, 4) is 12.3 Å². The molecule has 1 heteroatoms. The van der Waals surface area contributed by atoms with Gasteiger partial charge in [-0.15, -0.1) is 6.42 Å². The van der Waals surface area contributed by atoms with Crippen molar-refractivity contribution in [2.45, 2.75) is 0 Å². The molecule has 0 radical (unpaired) electrons. The lowest BCUT2D eigenvalue weighted by molar-refractivity contribution is 1.62. The zero-order valence-corrected chi connectivity index (χ0v) is 9.63. The van der Waals surface area contributed by atoms with Gasteiger partial charge < -0.3 is 0 Å². The first-order valence-electron chi connectivity index (χ1n) is 4.13. The summed E-state index contributed by atoms with van der Waals surface area (Å²) in [5.74, 6) is 2.35. The fourth-order valence-electron chi connectivity index (χ4n) is 0.883. The van der Waals surface area contributed by atoms with Crippen molar-refractivity contribution in [1.29, 1.82) is 0 Å². The van der Waals surface area contributed by atoms with Gasteiger partial charge in [0.15, 0.2) is 0 Å². The molecule has 0 nitrogen and oxygen atoms in total. The molecule has 0 N–H and O–H groups in total. The Morgan fingerprint density at radius 2 is 1.57 bits per heavy atom. The predicted molar refractivity (Wildman–Crippen MR) is 69.3 cm³/mol. The van der Waals surface area contributed by atoms with Crippen LogP contribution in [-0.2, 0) is 0 Å². The first-order valence-corrected chi connectivity index (χ1v) is 5.25. The van der Waals surface area contributed by atoms with E-state index >= 15 is 0 Å². The van der Waals surface area contributed by atoms with Gasteiger partial charge in [-0.05, 0) is 11.1 Å². The molecule has 0 saturated carbocycles. The number of benzene rings is 1. The van der Waals surface area contributed by atoms with Gasteiger partial charge in [0.05, 0.1) is 5.33 Å². The van der Waals surface area contributed by atoms with Crippen LogP contribution in [0.5, 0.6) is 0 Å². The lowest BCUT2D eigenvalue weighted by atomic mass is 10.1. The molecule has 0 fully saturated rings. The molecule has 1 rings (SSSR count). The standard InChI is InChI=1S/C10H10.C3H3Br/c1-3-9-7-5-6-8-10(9)4-2;1-2-3-4/h3-8H,1-2H2;1H,3H2. The molecule has 0 aromatic heterocycles. The highest BCUT2D eigenvalue weighted by atomic mass is 79.9. The van der Waals surface area contributed by atoms with Crippen molar-refractivity contribution in [1.82, 2.24) is 0 Å². The summed E-state index contributed by atoms with van der Waals surface area (Å²) in [6.07, 6.45) is 8.39. The second-order valence-corrected chi connectivity index (χ2v) is 2.94. The fourth-order valence-corrected chi connectivity index (χ4v) is 0.883. The van der Waals surface area contributed by atoms with Gasteiger partial charge in [-0.3, -0.25) is 0 Å². The SMILES string of the molecule is C#CCBr.C=Cc1ccccc1C=C. The van der Waals surface area contributed by atoms with Gasteiger partial charge in [-0.2, -0.15) is 0 Å². The zero-order chi connectivity index (χ0) is 10.8. The van der Waals surface area contributed by atoms with Gasteiger partial charge in [-0.1, -0.05) is 71.4 Å². The van der Waals surface area contributed by atoms with Crippen molar-refractivity contribution in [2.24, 2.45) is 0 Å². The maximum absolute atomic E-state index is 4.73. The Hall–Kier alpha value is -1.26. The summed E-state index contributed by atoms with van der Waals surface area (Å²) < 4.78 is 0. The topological polar surface area (TPSA) is 0 Å². The first kappa shape index (κ1) is 12.7. The molecule has 0 bridgehead atoms. The number of rotatable bonds is 2. The van der Waals surface area contributed by atoms with Gasteiger partial charge >= 0.3 is 0 Å². The summed E-state index contributed by atoms with van der Waals surface area (Å²) >= 11 is 3.01. The Bertz CT molecular complexity index is 304. The van der Waals surface area contributed by atoms with Gasteiger partial charge in [0, 0.05) is 0 Å². The molecule has 0 aliphatic carbocycles. The summed E-state index contributed by atoms with van der Waals surface area (Å²) in [6.45, 7) is 7.38. The zero-order valence-electron chi connectivity index (χ0n) is 8.04. The summed E-state index contributed by atoms with van der Waals surface area (Å²) in [7, 11) is 0. The highest BCUT2D eigenvalue weighted by Crippen LogP contribution is 2.10. The number of alkyl halides is 1. The van der Waals surface area contributed by atoms with E-state index in [1.807, 2.05) is 36.4 Å². The fraction of sp³-hybridized carbons (Fsp3) is 0.0769. The van der Waals surface area contributed by atoms with Crippen LogP contribution in [0.1, 0.15) is 11.1 Å². The van der Waals surface area contributed by atoms with Crippen LogP contribution >= 0.6 is 15.9 Å². The molecule has 1 aromatic carbocycles. The molecule has 0 aliphatic rings. The van der Waals surface area contributed by atoms with Crippen LogP contribution in [0.15, 0.2) is 37.4 Å².